The van der Waals surface area contributed by atoms with Crippen LogP contribution >= 0.6 is 11.6 Å². The summed E-state index contributed by atoms with van der Waals surface area (Å²) in [6, 6.07) is 5.06. The summed E-state index contributed by atoms with van der Waals surface area (Å²) in [4.78, 5) is 15.2. The smallest absolute Gasteiger partial charge is 0.301 e. The fourth-order valence-electron chi connectivity index (χ4n) is 8.75. The van der Waals surface area contributed by atoms with Gasteiger partial charge in [-0.1, -0.05) is 37.6 Å². The van der Waals surface area contributed by atoms with Crippen molar-refractivity contribution in [2.24, 2.45) is 34.2 Å². The Labute approximate surface area is 265 Å². The molecule has 0 aromatic heterocycles. The average molecular weight is 632 g/mol. The predicted octanol–water partition coefficient (Wildman–Crippen LogP) is 8.08. The Hall–Kier alpha value is -2.42. The van der Waals surface area contributed by atoms with Crippen molar-refractivity contribution in [1.82, 2.24) is 4.90 Å². The van der Waals surface area contributed by atoms with Gasteiger partial charge in [-0.3, -0.25) is 4.48 Å². The number of rotatable bonds is 10. The van der Waals surface area contributed by atoms with E-state index in [9.17, 15) is 9.18 Å². The van der Waals surface area contributed by atoms with Gasteiger partial charge >= 0.3 is 6.41 Å². The van der Waals surface area contributed by atoms with E-state index in [1.54, 1.807) is 17.1 Å². The zero-order valence-corrected chi connectivity index (χ0v) is 27.5. The lowest BCUT2D eigenvalue weighted by Crippen LogP contribution is -2.56. The number of anilines is 1. The molecule has 44 heavy (non-hydrogen) atoms. The molecule has 0 N–H and O–H groups in total. The van der Waals surface area contributed by atoms with Gasteiger partial charge in [0.2, 0.25) is 0 Å². The number of carbonyl (C=O) groups excluding carboxylic acids is 1. The molecule has 2 aliphatic heterocycles. The van der Waals surface area contributed by atoms with Gasteiger partial charge in [-0.25, -0.2) is 23.0 Å². The van der Waals surface area contributed by atoms with Gasteiger partial charge < -0.3 is 4.90 Å². The van der Waals surface area contributed by atoms with Crippen molar-refractivity contribution in [2.45, 2.75) is 65.3 Å². The highest BCUT2D eigenvalue weighted by molar-refractivity contribution is 6.30. The number of allylic oxidation sites excluding steroid dienone is 6. The number of hydrogen-bond donors (Lipinski definition) is 0. The molecule has 240 valence electrons. The van der Waals surface area contributed by atoms with E-state index in [1.807, 2.05) is 19.9 Å². The van der Waals surface area contributed by atoms with Gasteiger partial charge in [-0.15, -0.1) is 0 Å². The number of carbonyl (C=O) groups is 1. The van der Waals surface area contributed by atoms with Crippen LogP contribution in [0.2, 0.25) is 5.02 Å². The van der Waals surface area contributed by atoms with Crippen molar-refractivity contribution in [1.29, 1.82) is 0 Å². The monoisotopic (exact) mass is 631 g/mol. The number of hydrogen-bond acceptors (Lipinski definition) is 4. The molecule has 2 saturated carbocycles. The number of quaternary nitrogens is 1. The lowest BCUT2D eigenvalue weighted by Gasteiger charge is -2.45. The summed E-state index contributed by atoms with van der Waals surface area (Å²) >= 11 is 6.03. The van der Waals surface area contributed by atoms with Gasteiger partial charge in [-0.2, -0.15) is 5.10 Å². The molecule has 1 aromatic rings. The Balaban J connectivity index is 1.37. The molecule has 0 radical (unpaired) electrons. The normalized spacial score (nSPS) is 34.4. The second-order valence-electron chi connectivity index (χ2n) is 13.9. The molecule has 5 atom stereocenters. The Kier molecular flexibility index (Phi) is 9.84. The second kappa shape index (κ2) is 13.1. The van der Waals surface area contributed by atoms with Crippen LogP contribution in [0.25, 0.3) is 0 Å². The SMILES string of the molecule is CCC=C(C(F)=CCF)C1CC2(C)C(CC1C[N+]1(C=O)CCC(C3=CCC(C)=NN3c3ccc(Cl)cc3F)CC1)C2N(C)C. The summed E-state index contributed by atoms with van der Waals surface area (Å²) in [5.41, 5.74) is 2.92. The van der Waals surface area contributed by atoms with E-state index in [0.29, 0.717) is 65.2 Å². The van der Waals surface area contributed by atoms with Crippen LogP contribution in [0.1, 0.15) is 59.3 Å². The fraction of sp³-hybridized carbons (Fsp3) is 0.600. The third-order valence-electron chi connectivity index (χ3n) is 10.8. The molecule has 0 bridgehead atoms. The van der Waals surface area contributed by atoms with Gasteiger partial charge in [0.1, 0.15) is 24.0 Å². The van der Waals surface area contributed by atoms with Crippen molar-refractivity contribution < 1.29 is 22.4 Å². The van der Waals surface area contributed by atoms with Crippen LogP contribution < -0.4 is 5.01 Å². The fourth-order valence-corrected chi connectivity index (χ4v) is 8.91. The van der Waals surface area contributed by atoms with Crippen LogP contribution in [0.4, 0.5) is 18.9 Å². The number of hydrazone groups is 1. The maximum Gasteiger partial charge on any atom is 0.301 e. The van der Waals surface area contributed by atoms with Crippen LogP contribution in [0, 0.1) is 34.9 Å². The second-order valence-corrected chi connectivity index (χ2v) is 14.3. The first kappa shape index (κ1) is 33.0. The molecule has 5 unspecified atom stereocenters. The summed E-state index contributed by atoms with van der Waals surface area (Å²) in [5, 5.41) is 6.76. The molecule has 0 spiro atoms. The number of benzene rings is 1. The summed E-state index contributed by atoms with van der Waals surface area (Å²) in [7, 11) is 4.22. The van der Waals surface area contributed by atoms with Crippen LogP contribution in [-0.2, 0) is 4.79 Å². The van der Waals surface area contributed by atoms with E-state index < -0.39 is 18.3 Å². The first-order valence-corrected chi connectivity index (χ1v) is 16.4. The van der Waals surface area contributed by atoms with E-state index in [-0.39, 0.29) is 23.2 Å². The quantitative estimate of drug-likeness (QED) is 0.149. The van der Waals surface area contributed by atoms with Gasteiger partial charge in [-0.05, 0) is 87.4 Å². The molecule has 9 heteroatoms. The number of piperidine rings is 1. The summed E-state index contributed by atoms with van der Waals surface area (Å²) in [5.74, 6) is -0.224. The molecule has 4 aliphatic rings. The van der Waals surface area contributed by atoms with Gasteiger partial charge in [0.15, 0.2) is 0 Å². The molecule has 1 amide bonds. The molecule has 1 aromatic carbocycles. The zero-order chi connectivity index (χ0) is 31.8. The Morgan fingerprint density at radius 1 is 1.25 bits per heavy atom. The van der Waals surface area contributed by atoms with E-state index in [1.165, 1.54) is 6.07 Å². The molecular formula is C35H47ClF3N4O+. The lowest BCUT2D eigenvalue weighted by molar-refractivity contribution is -0.856. The van der Waals surface area contributed by atoms with Gasteiger partial charge in [0.25, 0.3) is 0 Å². The summed E-state index contributed by atoms with van der Waals surface area (Å²) in [6.07, 6.45) is 10.9. The molecule has 2 aliphatic carbocycles. The number of alkyl halides is 1. The van der Waals surface area contributed by atoms with Crippen molar-refractivity contribution in [3.05, 3.63) is 64.4 Å². The lowest BCUT2D eigenvalue weighted by atomic mass is 9.70. The highest BCUT2D eigenvalue weighted by Crippen LogP contribution is 2.66. The van der Waals surface area contributed by atoms with E-state index in [2.05, 4.69) is 32.0 Å². The average Bonchev–Trinajstić information content (AvgIpc) is 3.60. The van der Waals surface area contributed by atoms with Crippen LogP contribution in [-0.4, -0.2) is 68.0 Å². The van der Waals surface area contributed by atoms with Crippen LogP contribution in [0.15, 0.2) is 58.6 Å². The Morgan fingerprint density at radius 3 is 2.59 bits per heavy atom. The van der Waals surface area contributed by atoms with Crippen LogP contribution in [0.3, 0.4) is 0 Å². The first-order valence-electron chi connectivity index (χ1n) is 16.1. The van der Waals surface area contributed by atoms with E-state index in [0.717, 1.165) is 49.6 Å². The standard InChI is InChI=1S/C35H47ClF3N4O/c1-6-7-27(30(38)12-15-37)28-20-35(3)29(34(35)41(4)5)18-25(28)21-43(22-44)16-13-24(14-17-43)32-10-8-23(2)40-42(32)33-11-9-26(36)19-31(33)39/h7,9-12,19,22,24-25,28-29,34H,6,8,13-18,20-21H2,1-5H3/q+1. The van der Waals surface area contributed by atoms with Gasteiger partial charge in [0.05, 0.1) is 19.6 Å². The zero-order valence-electron chi connectivity index (χ0n) is 26.7. The third kappa shape index (κ3) is 6.32. The highest BCUT2D eigenvalue weighted by atomic mass is 35.5. The number of nitrogens with zero attached hydrogens (tertiary/aromatic N) is 4. The maximum absolute atomic E-state index is 15.4. The number of likely N-dealkylation sites (tertiary alicyclic amines) is 1. The van der Waals surface area contributed by atoms with Gasteiger partial charge in [0, 0.05) is 53.6 Å². The summed E-state index contributed by atoms with van der Waals surface area (Å²) in [6.45, 7) is 7.34. The van der Waals surface area contributed by atoms with Crippen molar-refractivity contribution in [3.63, 3.8) is 0 Å². The summed E-state index contributed by atoms with van der Waals surface area (Å²) < 4.78 is 44.0. The molecule has 1 saturated heterocycles. The predicted molar refractivity (Wildman–Crippen MR) is 172 cm³/mol. The molecule has 2 heterocycles. The minimum atomic E-state index is -0.837. The minimum absolute atomic E-state index is 0.0710. The minimum Gasteiger partial charge on any atom is -0.306 e. The molecule has 5 nitrogen and oxygen atoms in total. The Morgan fingerprint density at radius 2 is 1.98 bits per heavy atom. The number of fused-ring (bicyclic) bond motifs is 1. The highest BCUT2D eigenvalue weighted by Gasteiger charge is 2.66. The van der Waals surface area contributed by atoms with Crippen LogP contribution in [0.5, 0.6) is 0 Å². The number of amides is 1. The number of halogens is 4. The van der Waals surface area contributed by atoms with E-state index in [4.69, 9.17) is 16.7 Å². The first-order chi connectivity index (χ1) is 21.0. The largest absolute Gasteiger partial charge is 0.306 e. The molecular weight excluding hydrogens is 585 g/mol. The van der Waals surface area contributed by atoms with Crippen molar-refractivity contribution in [2.75, 3.05) is 45.4 Å². The van der Waals surface area contributed by atoms with Crippen molar-refractivity contribution in [3.8, 4) is 0 Å². The molecule has 3 fully saturated rings. The topological polar surface area (TPSA) is 35.9 Å². The third-order valence-corrected chi connectivity index (χ3v) is 11.1. The molecule has 5 rings (SSSR count). The Bertz CT molecular complexity index is 1370. The van der Waals surface area contributed by atoms with Crippen molar-refractivity contribution >= 4 is 29.4 Å². The maximum atomic E-state index is 15.4. The van der Waals surface area contributed by atoms with E-state index >= 15 is 8.78 Å².